The lowest BCUT2D eigenvalue weighted by Gasteiger charge is -2.05. The van der Waals surface area contributed by atoms with Crippen molar-refractivity contribution in [1.82, 2.24) is 9.71 Å². The fourth-order valence-electron chi connectivity index (χ4n) is 1.10. The highest BCUT2D eigenvalue weighted by Crippen LogP contribution is 2.08. The molecular weight excluding hydrogens is 244 g/mol. The fraction of sp³-hybridized carbons (Fsp3) is 0.333. The summed E-state index contributed by atoms with van der Waals surface area (Å²) in [4.78, 5) is 14.2. The molecule has 8 heteroatoms. The number of carbonyl (C=O) groups excluding carboxylic acids is 1. The topological polar surface area (TPSA) is 128 Å². The van der Waals surface area contributed by atoms with Gasteiger partial charge in [0.2, 0.25) is 15.9 Å². The molecule has 0 aliphatic heterocycles. The van der Waals surface area contributed by atoms with Gasteiger partial charge in [0.15, 0.2) is 0 Å². The quantitative estimate of drug-likeness (QED) is 0.576. The van der Waals surface area contributed by atoms with Crippen LogP contribution in [0.2, 0.25) is 0 Å². The Morgan fingerprint density at radius 3 is 2.65 bits per heavy atom. The van der Waals surface area contributed by atoms with Crippen molar-refractivity contribution in [1.29, 1.82) is 0 Å². The van der Waals surface area contributed by atoms with Crippen LogP contribution in [0.5, 0.6) is 0 Å². The minimum absolute atomic E-state index is 0.0331. The molecule has 1 aromatic heterocycles. The van der Waals surface area contributed by atoms with Gasteiger partial charge >= 0.3 is 0 Å². The first-order chi connectivity index (χ1) is 7.92. The minimum Gasteiger partial charge on any atom is -0.384 e. The number of rotatable bonds is 6. The van der Waals surface area contributed by atoms with Crippen LogP contribution in [0.4, 0.5) is 5.82 Å². The zero-order valence-corrected chi connectivity index (χ0v) is 9.90. The van der Waals surface area contributed by atoms with E-state index in [-0.39, 0.29) is 23.7 Å². The van der Waals surface area contributed by atoms with Gasteiger partial charge in [0.1, 0.15) is 10.7 Å². The second-order valence-corrected chi connectivity index (χ2v) is 5.15. The van der Waals surface area contributed by atoms with Crippen LogP contribution < -0.4 is 16.2 Å². The molecule has 17 heavy (non-hydrogen) atoms. The highest BCUT2D eigenvalue weighted by atomic mass is 32.2. The zero-order chi connectivity index (χ0) is 12.9. The van der Waals surface area contributed by atoms with E-state index in [1.54, 1.807) is 0 Å². The molecule has 0 saturated carbocycles. The van der Waals surface area contributed by atoms with Crippen LogP contribution in [0, 0.1) is 0 Å². The van der Waals surface area contributed by atoms with Crippen LogP contribution in [0.25, 0.3) is 0 Å². The van der Waals surface area contributed by atoms with Gasteiger partial charge in [-0.05, 0) is 18.6 Å². The number of sulfonamides is 1. The first-order valence-electron chi connectivity index (χ1n) is 4.91. The molecule has 1 amide bonds. The van der Waals surface area contributed by atoms with Crippen molar-refractivity contribution in [2.75, 3.05) is 12.3 Å². The molecule has 5 N–H and O–H groups in total. The van der Waals surface area contributed by atoms with E-state index in [2.05, 4.69) is 9.71 Å². The molecular formula is C9H14N4O3S. The molecule has 0 fully saturated rings. The summed E-state index contributed by atoms with van der Waals surface area (Å²) < 4.78 is 25.7. The van der Waals surface area contributed by atoms with Crippen LogP contribution in [0.1, 0.15) is 12.8 Å². The van der Waals surface area contributed by atoms with Gasteiger partial charge in [-0.3, -0.25) is 4.79 Å². The predicted octanol–water partition coefficient (Wildman–Crippen LogP) is -0.792. The number of primary amides is 1. The van der Waals surface area contributed by atoms with Crippen molar-refractivity contribution in [3.8, 4) is 0 Å². The van der Waals surface area contributed by atoms with Gasteiger partial charge in [0.05, 0.1) is 0 Å². The summed E-state index contributed by atoms with van der Waals surface area (Å²) in [5.41, 5.74) is 10.3. The standard InChI is InChI=1S/C9H14N4O3S/c10-8-4-3-7(6-12-8)17(15,16)13-5-1-2-9(11)14/h3-4,6,13H,1-2,5H2,(H2,10,12)(H2,11,14). The number of nitrogens with two attached hydrogens (primary N) is 2. The van der Waals surface area contributed by atoms with Crippen LogP contribution in [-0.2, 0) is 14.8 Å². The first kappa shape index (κ1) is 13.4. The Morgan fingerprint density at radius 1 is 1.41 bits per heavy atom. The minimum atomic E-state index is -3.60. The van der Waals surface area contributed by atoms with Crippen LogP contribution in [0.15, 0.2) is 23.2 Å². The van der Waals surface area contributed by atoms with E-state index in [1.807, 2.05) is 0 Å². The lowest BCUT2D eigenvalue weighted by Crippen LogP contribution is -2.26. The number of carbonyl (C=O) groups is 1. The molecule has 0 saturated heterocycles. The van der Waals surface area contributed by atoms with Gasteiger partial charge < -0.3 is 11.5 Å². The smallest absolute Gasteiger partial charge is 0.242 e. The molecule has 1 heterocycles. The number of nitrogens with zero attached hydrogens (tertiary/aromatic N) is 1. The normalized spacial score (nSPS) is 11.3. The second kappa shape index (κ2) is 5.60. The van der Waals surface area contributed by atoms with E-state index in [9.17, 15) is 13.2 Å². The summed E-state index contributed by atoms with van der Waals surface area (Å²) in [6.45, 7) is 0.148. The molecule has 94 valence electrons. The van der Waals surface area contributed by atoms with Crippen molar-refractivity contribution in [2.45, 2.75) is 17.7 Å². The average Bonchev–Trinajstić information content (AvgIpc) is 2.25. The molecule has 0 unspecified atom stereocenters. The third kappa shape index (κ3) is 4.37. The highest BCUT2D eigenvalue weighted by Gasteiger charge is 2.13. The monoisotopic (exact) mass is 258 g/mol. The van der Waals surface area contributed by atoms with Crippen molar-refractivity contribution in [3.63, 3.8) is 0 Å². The van der Waals surface area contributed by atoms with Gasteiger partial charge in [0.25, 0.3) is 0 Å². The Balaban J connectivity index is 2.57. The third-order valence-electron chi connectivity index (χ3n) is 1.96. The maximum absolute atomic E-state index is 11.7. The van der Waals surface area contributed by atoms with Gasteiger partial charge in [0, 0.05) is 19.2 Å². The maximum atomic E-state index is 11.7. The van der Waals surface area contributed by atoms with Crippen molar-refractivity contribution in [3.05, 3.63) is 18.3 Å². The molecule has 0 radical (unpaired) electrons. The summed E-state index contributed by atoms with van der Waals surface area (Å²) in [6.07, 6.45) is 1.67. The number of anilines is 1. The van der Waals surface area contributed by atoms with E-state index in [0.717, 1.165) is 0 Å². The van der Waals surface area contributed by atoms with Crippen LogP contribution >= 0.6 is 0 Å². The summed E-state index contributed by atoms with van der Waals surface area (Å²) in [6, 6.07) is 2.76. The van der Waals surface area contributed by atoms with Crippen molar-refractivity contribution < 1.29 is 13.2 Å². The van der Waals surface area contributed by atoms with E-state index in [1.165, 1.54) is 18.3 Å². The van der Waals surface area contributed by atoms with Crippen molar-refractivity contribution in [2.24, 2.45) is 5.73 Å². The lowest BCUT2D eigenvalue weighted by atomic mass is 10.3. The highest BCUT2D eigenvalue weighted by molar-refractivity contribution is 7.89. The molecule has 1 aromatic rings. The van der Waals surface area contributed by atoms with E-state index in [0.29, 0.717) is 6.42 Å². The summed E-state index contributed by atoms with van der Waals surface area (Å²) >= 11 is 0. The number of amides is 1. The second-order valence-electron chi connectivity index (χ2n) is 3.39. The Kier molecular flexibility index (Phi) is 4.41. The van der Waals surface area contributed by atoms with E-state index in [4.69, 9.17) is 11.5 Å². The maximum Gasteiger partial charge on any atom is 0.242 e. The van der Waals surface area contributed by atoms with Crippen LogP contribution in [-0.4, -0.2) is 25.9 Å². The molecule has 1 rings (SSSR count). The molecule has 0 spiro atoms. The fourth-order valence-corrected chi connectivity index (χ4v) is 2.12. The van der Waals surface area contributed by atoms with E-state index < -0.39 is 15.9 Å². The Hall–Kier alpha value is -1.67. The molecule has 0 aliphatic rings. The number of pyridine rings is 1. The van der Waals surface area contributed by atoms with Gasteiger partial charge in [-0.1, -0.05) is 0 Å². The Labute approximate surface area is 99.3 Å². The van der Waals surface area contributed by atoms with E-state index >= 15 is 0 Å². The Bertz CT molecular complexity index is 483. The SMILES string of the molecule is NC(=O)CCCNS(=O)(=O)c1ccc(N)nc1. The van der Waals surface area contributed by atoms with Gasteiger partial charge in [-0.2, -0.15) is 0 Å². The number of nitrogen functional groups attached to an aromatic ring is 1. The largest absolute Gasteiger partial charge is 0.384 e. The molecule has 0 bridgehead atoms. The van der Waals surface area contributed by atoms with Gasteiger partial charge in [-0.15, -0.1) is 0 Å². The summed E-state index contributed by atoms with van der Waals surface area (Å²) in [5.74, 6) is -0.212. The Morgan fingerprint density at radius 2 is 2.12 bits per heavy atom. The molecule has 0 aliphatic carbocycles. The average molecular weight is 258 g/mol. The number of aromatic nitrogens is 1. The summed E-state index contributed by atoms with van der Waals surface area (Å²) in [7, 11) is -3.60. The molecule has 0 atom stereocenters. The molecule has 0 aromatic carbocycles. The van der Waals surface area contributed by atoms with Gasteiger partial charge in [-0.25, -0.2) is 18.1 Å². The first-order valence-corrected chi connectivity index (χ1v) is 6.39. The zero-order valence-electron chi connectivity index (χ0n) is 9.09. The lowest BCUT2D eigenvalue weighted by molar-refractivity contribution is -0.118. The molecule has 7 nitrogen and oxygen atoms in total. The predicted molar refractivity (Wildman–Crippen MR) is 62.3 cm³/mol. The number of nitrogens with one attached hydrogen (secondary N) is 1. The number of hydrogen-bond donors (Lipinski definition) is 3. The van der Waals surface area contributed by atoms with Crippen LogP contribution in [0.3, 0.4) is 0 Å². The third-order valence-corrected chi connectivity index (χ3v) is 3.41. The summed E-state index contributed by atoms with van der Waals surface area (Å²) in [5, 5.41) is 0. The number of hydrogen-bond acceptors (Lipinski definition) is 5. The van der Waals surface area contributed by atoms with Crippen molar-refractivity contribution >= 4 is 21.7 Å².